The van der Waals surface area contributed by atoms with Gasteiger partial charge in [-0.15, -0.1) is 0 Å². The fourth-order valence-corrected chi connectivity index (χ4v) is 2.30. The second kappa shape index (κ2) is 5.63. The van der Waals surface area contributed by atoms with Crippen molar-refractivity contribution in [2.75, 3.05) is 19.7 Å². The van der Waals surface area contributed by atoms with E-state index in [0.717, 1.165) is 32.4 Å². The summed E-state index contributed by atoms with van der Waals surface area (Å²) in [5.41, 5.74) is 5.56. The highest BCUT2D eigenvalue weighted by molar-refractivity contribution is 7.80. The number of aliphatic hydroxyl groups excluding tert-OH is 1. The normalized spacial score (nSPS) is 25.1. The van der Waals surface area contributed by atoms with Crippen molar-refractivity contribution in [3.63, 3.8) is 0 Å². The highest BCUT2D eigenvalue weighted by Gasteiger charge is 2.26. The number of nitrogens with zero attached hydrogens (tertiary/aromatic N) is 1. The topological polar surface area (TPSA) is 49.5 Å². The molecule has 0 aliphatic carbocycles. The van der Waals surface area contributed by atoms with Gasteiger partial charge in [0.1, 0.15) is 0 Å². The predicted molar refractivity (Wildman–Crippen MR) is 62.2 cm³/mol. The fraction of sp³-hybridized carbons (Fsp3) is 0.900. The summed E-state index contributed by atoms with van der Waals surface area (Å²) >= 11 is 4.93. The van der Waals surface area contributed by atoms with E-state index in [0.29, 0.717) is 23.6 Å². The summed E-state index contributed by atoms with van der Waals surface area (Å²) < 4.78 is 0. The Labute approximate surface area is 91.3 Å². The second-order valence-corrected chi connectivity index (χ2v) is 4.59. The molecule has 1 rings (SSSR count). The molecule has 0 radical (unpaired) electrons. The van der Waals surface area contributed by atoms with Crippen LogP contribution in [0, 0.1) is 5.92 Å². The number of aliphatic hydroxyl groups is 1. The number of rotatable bonds is 5. The second-order valence-electron chi connectivity index (χ2n) is 4.06. The van der Waals surface area contributed by atoms with E-state index in [1.54, 1.807) is 0 Å². The fourth-order valence-electron chi connectivity index (χ4n) is 2.11. The van der Waals surface area contributed by atoms with Crippen molar-refractivity contribution in [3.05, 3.63) is 0 Å². The molecular formula is C10H20N2OS. The van der Waals surface area contributed by atoms with E-state index in [-0.39, 0.29) is 0 Å². The maximum absolute atomic E-state index is 9.04. The maximum Gasteiger partial charge on any atom is 0.0743 e. The van der Waals surface area contributed by atoms with Crippen LogP contribution in [0.15, 0.2) is 0 Å². The highest BCUT2D eigenvalue weighted by Crippen LogP contribution is 2.21. The van der Waals surface area contributed by atoms with Crippen molar-refractivity contribution in [2.45, 2.75) is 32.2 Å². The van der Waals surface area contributed by atoms with Crippen LogP contribution in [0.25, 0.3) is 0 Å². The number of hydrogen-bond acceptors (Lipinski definition) is 3. The molecule has 0 bridgehead atoms. The first-order chi connectivity index (χ1) is 6.67. The molecule has 2 unspecified atom stereocenters. The highest BCUT2D eigenvalue weighted by atomic mass is 32.1. The third kappa shape index (κ3) is 3.19. The molecule has 14 heavy (non-hydrogen) atoms. The van der Waals surface area contributed by atoms with Crippen molar-refractivity contribution in [3.8, 4) is 0 Å². The van der Waals surface area contributed by atoms with Gasteiger partial charge >= 0.3 is 0 Å². The minimum Gasteiger partial charge on any atom is -0.396 e. The molecular weight excluding hydrogens is 196 g/mol. The standard InChI is InChI=1S/C10H20N2OS/c1-2-9(5-10(11)14)12-4-3-8(6-12)7-13/h8-9,13H,2-7H2,1H3,(H2,11,14). The number of likely N-dealkylation sites (tertiary alicyclic amines) is 1. The first kappa shape index (κ1) is 11.9. The Hall–Kier alpha value is -0.190. The van der Waals surface area contributed by atoms with Crippen molar-refractivity contribution in [1.82, 2.24) is 4.90 Å². The van der Waals surface area contributed by atoms with Gasteiger partial charge in [-0.2, -0.15) is 0 Å². The van der Waals surface area contributed by atoms with Gasteiger partial charge in [0, 0.05) is 25.6 Å². The van der Waals surface area contributed by atoms with Crippen LogP contribution in [0.4, 0.5) is 0 Å². The van der Waals surface area contributed by atoms with Gasteiger partial charge < -0.3 is 10.8 Å². The summed E-state index contributed by atoms with van der Waals surface area (Å²) in [6.45, 7) is 4.54. The molecule has 2 atom stereocenters. The first-order valence-corrected chi connectivity index (χ1v) is 5.71. The summed E-state index contributed by atoms with van der Waals surface area (Å²) in [6, 6.07) is 0.476. The lowest BCUT2D eigenvalue weighted by atomic mass is 10.1. The molecule has 0 spiro atoms. The average Bonchev–Trinajstić information content (AvgIpc) is 2.62. The molecule has 1 fully saturated rings. The summed E-state index contributed by atoms with van der Waals surface area (Å²) in [4.78, 5) is 3.00. The minimum atomic E-state index is 0.306. The predicted octanol–water partition coefficient (Wildman–Crippen LogP) is 0.755. The van der Waals surface area contributed by atoms with E-state index in [1.165, 1.54) is 0 Å². The number of hydrogen-bond donors (Lipinski definition) is 2. The SMILES string of the molecule is CCC(CC(N)=S)N1CCC(CO)C1. The van der Waals surface area contributed by atoms with Crippen LogP contribution in [0.2, 0.25) is 0 Å². The maximum atomic E-state index is 9.04. The zero-order chi connectivity index (χ0) is 10.6. The van der Waals surface area contributed by atoms with Gasteiger partial charge in [-0.1, -0.05) is 19.1 Å². The largest absolute Gasteiger partial charge is 0.396 e. The van der Waals surface area contributed by atoms with Crippen molar-refractivity contribution in [1.29, 1.82) is 0 Å². The quantitative estimate of drug-likeness (QED) is 0.666. The average molecular weight is 216 g/mol. The third-order valence-electron chi connectivity index (χ3n) is 3.00. The van der Waals surface area contributed by atoms with E-state index < -0.39 is 0 Å². The van der Waals surface area contributed by atoms with Crippen LogP contribution >= 0.6 is 12.2 Å². The Balaban J connectivity index is 2.42. The number of thiocarbonyl (C=S) groups is 1. The van der Waals surface area contributed by atoms with Crippen LogP contribution in [-0.2, 0) is 0 Å². The first-order valence-electron chi connectivity index (χ1n) is 5.30. The minimum absolute atomic E-state index is 0.306. The molecule has 0 amide bonds. The molecule has 3 N–H and O–H groups in total. The van der Waals surface area contributed by atoms with Gasteiger partial charge in [-0.3, -0.25) is 4.90 Å². The van der Waals surface area contributed by atoms with Gasteiger partial charge in [-0.25, -0.2) is 0 Å². The molecule has 4 heteroatoms. The van der Waals surface area contributed by atoms with E-state index in [2.05, 4.69) is 11.8 Å². The van der Waals surface area contributed by atoms with Gasteiger partial charge in [0.15, 0.2) is 0 Å². The smallest absolute Gasteiger partial charge is 0.0743 e. The van der Waals surface area contributed by atoms with Gasteiger partial charge in [0.05, 0.1) is 4.99 Å². The van der Waals surface area contributed by atoms with Crippen molar-refractivity contribution in [2.24, 2.45) is 11.7 Å². The van der Waals surface area contributed by atoms with Crippen LogP contribution in [-0.4, -0.2) is 40.7 Å². The molecule has 1 aliphatic rings. The Bertz CT molecular complexity index is 199. The molecule has 1 aliphatic heterocycles. The lowest BCUT2D eigenvalue weighted by molar-refractivity contribution is 0.197. The Morgan fingerprint density at radius 1 is 1.71 bits per heavy atom. The summed E-state index contributed by atoms with van der Waals surface area (Å²) in [5, 5.41) is 9.04. The monoisotopic (exact) mass is 216 g/mol. The van der Waals surface area contributed by atoms with E-state index in [9.17, 15) is 0 Å². The van der Waals surface area contributed by atoms with Gasteiger partial charge in [0.2, 0.25) is 0 Å². The van der Waals surface area contributed by atoms with E-state index in [4.69, 9.17) is 23.1 Å². The summed E-state index contributed by atoms with van der Waals surface area (Å²) in [7, 11) is 0. The van der Waals surface area contributed by atoms with Crippen LogP contribution in [0.3, 0.4) is 0 Å². The molecule has 3 nitrogen and oxygen atoms in total. The Kier molecular flexibility index (Phi) is 4.78. The van der Waals surface area contributed by atoms with E-state index >= 15 is 0 Å². The van der Waals surface area contributed by atoms with Crippen LogP contribution in [0.1, 0.15) is 26.2 Å². The summed E-state index contributed by atoms with van der Waals surface area (Å²) in [6.07, 6.45) is 2.99. The van der Waals surface area contributed by atoms with Crippen molar-refractivity contribution < 1.29 is 5.11 Å². The van der Waals surface area contributed by atoms with Crippen LogP contribution < -0.4 is 5.73 Å². The molecule has 0 aromatic heterocycles. The lowest BCUT2D eigenvalue weighted by Crippen LogP contribution is -2.36. The van der Waals surface area contributed by atoms with Gasteiger partial charge in [-0.05, 0) is 25.3 Å². The van der Waals surface area contributed by atoms with Gasteiger partial charge in [0.25, 0.3) is 0 Å². The zero-order valence-electron chi connectivity index (χ0n) is 8.78. The van der Waals surface area contributed by atoms with Crippen molar-refractivity contribution >= 4 is 17.2 Å². The number of nitrogens with two attached hydrogens (primary N) is 1. The third-order valence-corrected chi connectivity index (χ3v) is 3.17. The molecule has 0 aromatic carbocycles. The zero-order valence-corrected chi connectivity index (χ0v) is 9.59. The summed E-state index contributed by atoms with van der Waals surface area (Å²) in [5.74, 6) is 0.454. The van der Waals surface area contributed by atoms with Crippen LogP contribution in [0.5, 0.6) is 0 Å². The Morgan fingerprint density at radius 3 is 2.86 bits per heavy atom. The lowest BCUT2D eigenvalue weighted by Gasteiger charge is -2.26. The Morgan fingerprint density at radius 2 is 2.43 bits per heavy atom. The molecule has 1 heterocycles. The molecule has 0 saturated carbocycles. The molecule has 82 valence electrons. The van der Waals surface area contributed by atoms with E-state index in [1.807, 2.05) is 0 Å². The molecule has 1 saturated heterocycles. The molecule has 0 aromatic rings.